The number of ether oxygens (including phenoxy) is 2. The topological polar surface area (TPSA) is 98.0 Å². The van der Waals surface area contributed by atoms with Gasteiger partial charge in [0.15, 0.2) is 5.96 Å². The maximum absolute atomic E-state index is 12.2. The summed E-state index contributed by atoms with van der Waals surface area (Å²) in [7, 11) is 1.55. The minimum atomic E-state index is -0.561. The van der Waals surface area contributed by atoms with Crippen molar-refractivity contribution in [3.05, 3.63) is 23.2 Å². The van der Waals surface area contributed by atoms with E-state index in [1.54, 1.807) is 25.3 Å². The van der Waals surface area contributed by atoms with Gasteiger partial charge in [0.2, 0.25) is 0 Å². The number of halogens is 1. The van der Waals surface area contributed by atoms with Crippen molar-refractivity contribution in [1.29, 1.82) is 0 Å². The molecular weight excluding hydrogens is 368 g/mol. The Morgan fingerprint density at radius 3 is 2.37 bits per heavy atom. The predicted octanol–water partition coefficient (Wildman–Crippen LogP) is 4.16. The zero-order chi connectivity index (χ0) is 20.7. The lowest BCUT2D eigenvalue weighted by atomic mass is 9.93. The van der Waals surface area contributed by atoms with Gasteiger partial charge in [-0.3, -0.25) is 4.99 Å². The molecule has 8 heteroatoms. The average Bonchev–Trinajstić information content (AvgIpc) is 2.57. The quantitative estimate of drug-likeness (QED) is 0.473. The Bertz CT molecular complexity index is 667. The number of methoxy groups -OCH3 is 1. The Labute approximate surface area is 166 Å². The molecule has 0 atom stereocenters. The number of nitrogens with zero attached hydrogens (tertiary/aromatic N) is 1. The monoisotopic (exact) mass is 398 g/mol. The summed E-state index contributed by atoms with van der Waals surface area (Å²) in [5.41, 5.74) is 5.60. The summed E-state index contributed by atoms with van der Waals surface area (Å²) in [6.45, 7) is 9.78. The molecule has 4 N–H and O–H groups in total. The van der Waals surface area contributed by atoms with Crippen LogP contribution < -0.4 is 21.1 Å². The number of anilines is 1. The van der Waals surface area contributed by atoms with Crippen LogP contribution in [0.15, 0.2) is 23.2 Å². The van der Waals surface area contributed by atoms with Gasteiger partial charge in [0.25, 0.3) is 0 Å². The molecular formula is C19H31ClN4O3. The fourth-order valence-corrected chi connectivity index (χ4v) is 2.64. The van der Waals surface area contributed by atoms with E-state index in [2.05, 4.69) is 15.6 Å². The number of hydrogen-bond donors (Lipinski definition) is 3. The van der Waals surface area contributed by atoms with Gasteiger partial charge in [-0.05, 0) is 51.8 Å². The van der Waals surface area contributed by atoms with Crippen molar-refractivity contribution in [2.24, 2.45) is 10.7 Å². The molecule has 0 fully saturated rings. The highest BCUT2D eigenvalue weighted by atomic mass is 35.5. The summed E-state index contributed by atoms with van der Waals surface area (Å²) in [6.07, 6.45) is 0.914. The van der Waals surface area contributed by atoms with Crippen LogP contribution in [0.3, 0.4) is 0 Å². The van der Waals surface area contributed by atoms with Crippen LogP contribution in [-0.4, -0.2) is 36.8 Å². The number of carbonyl (C=O) groups excluding carboxylic acids is 1. The summed E-state index contributed by atoms with van der Waals surface area (Å²) in [5, 5.41) is 6.40. The van der Waals surface area contributed by atoms with Crippen molar-refractivity contribution in [3.63, 3.8) is 0 Å². The molecule has 0 aliphatic heterocycles. The molecule has 1 rings (SSSR count). The van der Waals surface area contributed by atoms with Gasteiger partial charge < -0.3 is 25.8 Å². The first kappa shape index (κ1) is 22.9. The lowest BCUT2D eigenvalue weighted by Crippen LogP contribution is -2.52. The molecule has 0 bridgehead atoms. The summed E-state index contributed by atoms with van der Waals surface area (Å²) in [5.74, 6) is 0.809. The number of alkyl carbamates (subject to hydrolysis) is 1. The van der Waals surface area contributed by atoms with E-state index < -0.39 is 17.2 Å². The number of benzene rings is 1. The van der Waals surface area contributed by atoms with Gasteiger partial charge in [0, 0.05) is 5.69 Å². The van der Waals surface area contributed by atoms with Crippen LogP contribution in [0.25, 0.3) is 0 Å². The summed E-state index contributed by atoms with van der Waals surface area (Å²) < 4.78 is 10.5. The highest BCUT2D eigenvalue weighted by Gasteiger charge is 2.30. The van der Waals surface area contributed by atoms with Crippen LogP contribution in [0, 0.1) is 0 Å². The van der Waals surface area contributed by atoms with Crippen LogP contribution in [0.5, 0.6) is 5.75 Å². The standard InChI is InChI=1S/C19H31ClN4O3/c1-7-19(8-2,24-17(25)27-18(3,4)5)12-22-16(21)23-13-9-10-15(26-6)14(20)11-13/h9-11H,7-8,12H2,1-6H3,(H,24,25)(H3,21,22,23). The lowest BCUT2D eigenvalue weighted by molar-refractivity contribution is 0.0452. The Morgan fingerprint density at radius 2 is 1.89 bits per heavy atom. The van der Waals surface area contributed by atoms with Crippen molar-refractivity contribution >= 4 is 29.3 Å². The van der Waals surface area contributed by atoms with E-state index in [9.17, 15) is 4.79 Å². The average molecular weight is 399 g/mol. The fraction of sp³-hybridized carbons (Fsp3) is 0.579. The van der Waals surface area contributed by atoms with Gasteiger partial charge in [-0.15, -0.1) is 0 Å². The molecule has 0 spiro atoms. The van der Waals surface area contributed by atoms with Crippen LogP contribution >= 0.6 is 11.6 Å². The molecule has 0 aromatic heterocycles. The van der Waals surface area contributed by atoms with Crippen LogP contribution in [0.2, 0.25) is 5.02 Å². The molecule has 0 radical (unpaired) electrons. The number of nitrogens with two attached hydrogens (primary N) is 1. The third kappa shape index (κ3) is 7.54. The molecule has 0 aliphatic rings. The molecule has 1 amide bonds. The number of hydrogen-bond acceptors (Lipinski definition) is 4. The maximum atomic E-state index is 12.2. The smallest absolute Gasteiger partial charge is 0.408 e. The summed E-state index contributed by atoms with van der Waals surface area (Å²) >= 11 is 6.11. The SMILES string of the molecule is CCC(CC)(CN=C(N)Nc1ccc(OC)c(Cl)c1)NC(=O)OC(C)(C)C. The predicted molar refractivity (Wildman–Crippen MR) is 111 cm³/mol. The molecule has 27 heavy (non-hydrogen) atoms. The largest absolute Gasteiger partial charge is 0.495 e. The van der Waals surface area contributed by atoms with Gasteiger partial charge in [-0.2, -0.15) is 0 Å². The van der Waals surface area contributed by atoms with Gasteiger partial charge in [-0.25, -0.2) is 4.79 Å². The van der Waals surface area contributed by atoms with Gasteiger partial charge in [0.05, 0.1) is 24.2 Å². The van der Waals surface area contributed by atoms with Crippen LogP contribution in [-0.2, 0) is 4.74 Å². The van der Waals surface area contributed by atoms with E-state index in [-0.39, 0.29) is 5.96 Å². The number of amides is 1. The van der Waals surface area contributed by atoms with Gasteiger partial charge in [-0.1, -0.05) is 25.4 Å². The highest BCUT2D eigenvalue weighted by Crippen LogP contribution is 2.27. The molecule has 0 heterocycles. The Balaban J connectivity index is 2.81. The molecule has 1 aromatic carbocycles. The molecule has 1 aromatic rings. The van der Waals surface area contributed by atoms with E-state index in [4.69, 9.17) is 26.8 Å². The summed E-state index contributed by atoms with van der Waals surface area (Å²) in [4.78, 5) is 16.6. The van der Waals surface area contributed by atoms with E-state index >= 15 is 0 Å². The first-order valence-corrected chi connectivity index (χ1v) is 9.33. The normalized spacial score (nSPS) is 12.5. The van der Waals surface area contributed by atoms with Crippen LogP contribution in [0.4, 0.5) is 10.5 Å². The molecule has 0 saturated carbocycles. The van der Waals surface area contributed by atoms with Crippen molar-refractivity contribution in [2.45, 2.75) is 58.6 Å². The highest BCUT2D eigenvalue weighted by molar-refractivity contribution is 6.32. The van der Waals surface area contributed by atoms with Gasteiger partial charge in [0.1, 0.15) is 11.4 Å². The van der Waals surface area contributed by atoms with E-state index in [1.807, 2.05) is 34.6 Å². The van der Waals surface area contributed by atoms with E-state index in [0.717, 1.165) is 0 Å². The second-order valence-electron chi connectivity index (χ2n) is 7.29. The molecule has 0 aliphatic carbocycles. The molecule has 0 saturated heterocycles. The van der Waals surface area contributed by atoms with Crippen molar-refractivity contribution in [1.82, 2.24) is 5.32 Å². The molecule has 7 nitrogen and oxygen atoms in total. The number of carbonyl (C=O) groups is 1. The van der Waals surface area contributed by atoms with Crippen molar-refractivity contribution in [2.75, 3.05) is 19.0 Å². The van der Waals surface area contributed by atoms with Crippen LogP contribution in [0.1, 0.15) is 47.5 Å². The number of nitrogens with one attached hydrogen (secondary N) is 2. The third-order valence-corrected chi connectivity index (χ3v) is 4.39. The summed E-state index contributed by atoms with van der Waals surface area (Å²) in [6, 6.07) is 5.23. The second-order valence-corrected chi connectivity index (χ2v) is 7.70. The second kappa shape index (κ2) is 9.69. The van der Waals surface area contributed by atoms with E-state index in [1.165, 1.54) is 0 Å². The zero-order valence-electron chi connectivity index (χ0n) is 17.0. The number of rotatable bonds is 7. The van der Waals surface area contributed by atoms with E-state index in [0.29, 0.717) is 35.8 Å². The van der Waals surface area contributed by atoms with Gasteiger partial charge >= 0.3 is 6.09 Å². The maximum Gasteiger partial charge on any atom is 0.408 e. The van der Waals surface area contributed by atoms with Crippen molar-refractivity contribution < 1.29 is 14.3 Å². The minimum Gasteiger partial charge on any atom is -0.495 e. The Morgan fingerprint density at radius 1 is 1.26 bits per heavy atom. The number of guanidine groups is 1. The zero-order valence-corrected chi connectivity index (χ0v) is 17.7. The fourth-order valence-electron chi connectivity index (χ4n) is 2.38. The third-order valence-electron chi connectivity index (χ3n) is 4.10. The Hall–Kier alpha value is -2.15. The molecule has 152 valence electrons. The lowest BCUT2D eigenvalue weighted by Gasteiger charge is -2.32. The first-order chi connectivity index (χ1) is 12.5. The minimum absolute atomic E-state index is 0.230. The number of aliphatic imine (C=N–C) groups is 1. The Kier molecular flexibility index (Phi) is 8.21. The molecule has 0 unspecified atom stereocenters. The first-order valence-electron chi connectivity index (χ1n) is 8.96. The van der Waals surface area contributed by atoms with Crippen molar-refractivity contribution in [3.8, 4) is 5.75 Å².